The Morgan fingerprint density at radius 1 is 1.20 bits per heavy atom. The quantitative estimate of drug-likeness (QED) is 0.807. The molecular formula is C14H10F3NO2. The van der Waals surface area contributed by atoms with E-state index in [0.717, 1.165) is 12.1 Å². The van der Waals surface area contributed by atoms with Gasteiger partial charge in [0.25, 0.3) is 0 Å². The zero-order valence-electron chi connectivity index (χ0n) is 10.4. The lowest BCUT2D eigenvalue weighted by Crippen LogP contribution is -2.07. The van der Waals surface area contributed by atoms with Crippen molar-refractivity contribution in [3.63, 3.8) is 0 Å². The molecule has 20 heavy (non-hydrogen) atoms. The molecule has 0 aliphatic rings. The monoisotopic (exact) mass is 281 g/mol. The standard InChI is InChI=1S/C14H10F3NO2/c1-20-11-5-10(6-18-7-11)12-4-9(8-19)2-3-13(12)14(15,16)17/h2-8H,1H3. The number of benzene rings is 1. The maximum absolute atomic E-state index is 13.0. The Balaban J connectivity index is 2.66. The molecule has 0 atom stereocenters. The molecule has 2 rings (SSSR count). The third-order valence-corrected chi connectivity index (χ3v) is 2.74. The van der Waals surface area contributed by atoms with Crippen molar-refractivity contribution in [1.82, 2.24) is 4.98 Å². The fraction of sp³-hybridized carbons (Fsp3) is 0.143. The molecule has 1 aromatic heterocycles. The molecule has 0 amide bonds. The highest BCUT2D eigenvalue weighted by molar-refractivity contribution is 5.80. The van der Waals surface area contributed by atoms with Gasteiger partial charge in [-0.15, -0.1) is 0 Å². The number of hydrogen-bond donors (Lipinski definition) is 0. The molecule has 0 fully saturated rings. The van der Waals surface area contributed by atoms with Crippen molar-refractivity contribution < 1.29 is 22.7 Å². The SMILES string of the molecule is COc1cncc(-c2cc(C=O)ccc2C(F)(F)F)c1. The van der Waals surface area contributed by atoms with Crippen molar-refractivity contribution in [3.8, 4) is 16.9 Å². The minimum atomic E-state index is -4.51. The van der Waals surface area contributed by atoms with Crippen LogP contribution in [0.1, 0.15) is 15.9 Å². The van der Waals surface area contributed by atoms with Crippen LogP contribution in [0.25, 0.3) is 11.1 Å². The molecule has 0 saturated heterocycles. The number of alkyl halides is 3. The number of carbonyl (C=O) groups is 1. The van der Waals surface area contributed by atoms with Crippen LogP contribution >= 0.6 is 0 Å². The van der Waals surface area contributed by atoms with Gasteiger partial charge in [0.1, 0.15) is 12.0 Å². The van der Waals surface area contributed by atoms with Gasteiger partial charge in [0, 0.05) is 17.3 Å². The normalized spacial score (nSPS) is 11.2. The van der Waals surface area contributed by atoms with Crippen molar-refractivity contribution in [2.75, 3.05) is 7.11 Å². The van der Waals surface area contributed by atoms with Crippen LogP contribution in [0.2, 0.25) is 0 Å². The fourth-order valence-electron chi connectivity index (χ4n) is 1.80. The van der Waals surface area contributed by atoms with Crippen molar-refractivity contribution >= 4 is 6.29 Å². The molecule has 0 aliphatic carbocycles. The summed E-state index contributed by atoms with van der Waals surface area (Å²) in [6, 6.07) is 4.64. The number of carbonyl (C=O) groups excluding carboxylic acids is 1. The van der Waals surface area contributed by atoms with Crippen LogP contribution in [0.4, 0.5) is 13.2 Å². The third-order valence-electron chi connectivity index (χ3n) is 2.74. The van der Waals surface area contributed by atoms with E-state index in [1.807, 2.05) is 0 Å². The second-order valence-electron chi connectivity index (χ2n) is 4.03. The smallest absolute Gasteiger partial charge is 0.417 e. The summed E-state index contributed by atoms with van der Waals surface area (Å²) in [7, 11) is 1.40. The number of rotatable bonds is 3. The summed E-state index contributed by atoms with van der Waals surface area (Å²) in [4.78, 5) is 14.6. The third kappa shape index (κ3) is 2.79. The molecule has 0 spiro atoms. The number of pyridine rings is 1. The van der Waals surface area contributed by atoms with Crippen LogP contribution in [0.5, 0.6) is 5.75 Å². The molecule has 6 heteroatoms. The molecular weight excluding hydrogens is 271 g/mol. The topological polar surface area (TPSA) is 39.2 Å². The van der Waals surface area contributed by atoms with E-state index < -0.39 is 11.7 Å². The number of hydrogen-bond acceptors (Lipinski definition) is 3. The van der Waals surface area contributed by atoms with Crippen LogP contribution in [-0.2, 0) is 6.18 Å². The number of ether oxygens (including phenoxy) is 1. The highest BCUT2D eigenvalue weighted by Gasteiger charge is 2.33. The van der Waals surface area contributed by atoms with Gasteiger partial charge in [0.2, 0.25) is 0 Å². The minimum Gasteiger partial charge on any atom is -0.495 e. The maximum atomic E-state index is 13.0. The second-order valence-corrected chi connectivity index (χ2v) is 4.03. The molecule has 2 aromatic rings. The number of methoxy groups -OCH3 is 1. The number of nitrogens with zero attached hydrogens (tertiary/aromatic N) is 1. The van der Waals surface area contributed by atoms with Crippen molar-refractivity contribution in [2.45, 2.75) is 6.18 Å². The summed E-state index contributed by atoms with van der Waals surface area (Å²) in [6.07, 6.45) is -1.33. The molecule has 1 heterocycles. The van der Waals surface area contributed by atoms with Crippen molar-refractivity contribution in [2.24, 2.45) is 0 Å². The fourth-order valence-corrected chi connectivity index (χ4v) is 1.80. The summed E-state index contributed by atoms with van der Waals surface area (Å²) in [5, 5.41) is 0. The van der Waals surface area contributed by atoms with Gasteiger partial charge >= 0.3 is 6.18 Å². The van der Waals surface area contributed by atoms with Gasteiger partial charge in [-0.3, -0.25) is 9.78 Å². The van der Waals surface area contributed by atoms with E-state index in [2.05, 4.69) is 4.98 Å². The van der Waals surface area contributed by atoms with E-state index >= 15 is 0 Å². The molecule has 0 saturated carbocycles. The van der Waals surface area contributed by atoms with Gasteiger partial charge in [-0.2, -0.15) is 13.2 Å². The van der Waals surface area contributed by atoms with Gasteiger partial charge in [0.05, 0.1) is 18.9 Å². The van der Waals surface area contributed by atoms with Crippen LogP contribution in [-0.4, -0.2) is 18.4 Å². The highest BCUT2D eigenvalue weighted by atomic mass is 19.4. The zero-order chi connectivity index (χ0) is 14.8. The lowest BCUT2D eigenvalue weighted by molar-refractivity contribution is -0.137. The largest absolute Gasteiger partial charge is 0.495 e. The first kappa shape index (κ1) is 14.0. The first-order valence-electron chi connectivity index (χ1n) is 5.61. The predicted octanol–water partition coefficient (Wildman–Crippen LogP) is 3.59. The summed E-state index contributed by atoms with van der Waals surface area (Å²) < 4.78 is 44.0. The molecule has 3 nitrogen and oxygen atoms in total. The first-order chi connectivity index (χ1) is 9.45. The van der Waals surface area contributed by atoms with Crippen LogP contribution in [0.15, 0.2) is 36.7 Å². The summed E-state index contributed by atoms with van der Waals surface area (Å²) >= 11 is 0. The van der Waals surface area contributed by atoms with Gasteiger partial charge in [0.15, 0.2) is 0 Å². The van der Waals surface area contributed by atoms with Crippen molar-refractivity contribution in [3.05, 3.63) is 47.8 Å². The lowest BCUT2D eigenvalue weighted by Gasteiger charge is -2.13. The Kier molecular flexibility index (Phi) is 3.74. The molecule has 0 bridgehead atoms. The average Bonchev–Trinajstić information content (AvgIpc) is 2.45. The molecule has 0 unspecified atom stereocenters. The first-order valence-corrected chi connectivity index (χ1v) is 5.61. The van der Waals surface area contributed by atoms with E-state index in [0.29, 0.717) is 12.0 Å². The average molecular weight is 281 g/mol. The summed E-state index contributed by atoms with van der Waals surface area (Å²) in [6.45, 7) is 0. The Hall–Kier alpha value is -2.37. The Morgan fingerprint density at radius 2 is 1.95 bits per heavy atom. The van der Waals surface area contributed by atoms with Crippen LogP contribution < -0.4 is 4.74 Å². The number of halogens is 3. The summed E-state index contributed by atoms with van der Waals surface area (Å²) in [5.74, 6) is 0.340. The van der Waals surface area contributed by atoms with E-state index in [-0.39, 0.29) is 16.7 Å². The molecule has 0 N–H and O–H groups in total. The summed E-state index contributed by atoms with van der Waals surface area (Å²) in [5.41, 5.74) is -0.525. The van der Waals surface area contributed by atoms with E-state index in [9.17, 15) is 18.0 Å². The minimum absolute atomic E-state index is 0.103. The van der Waals surface area contributed by atoms with Gasteiger partial charge in [-0.05, 0) is 23.8 Å². The lowest BCUT2D eigenvalue weighted by atomic mass is 9.98. The van der Waals surface area contributed by atoms with E-state index in [1.54, 1.807) is 0 Å². The number of aldehydes is 1. The van der Waals surface area contributed by atoms with E-state index in [1.165, 1.54) is 31.6 Å². The van der Waals surface area contributed by atoms with Gasteiger partial charge < -0.3 is 4.74 Å². The Morgan fingerprint density at radius 3 is 2.55 bits per heavy atom. The second kappa shape index (κ2) is 5.32. The van der Waals surface area contributed by atoms with Crippen LogP contribution in [0.3, 0.4) is 0 Å². The van der Waals surface area contributed by atoms with Crippen LogP contribution in [0, 0.1) is 0 Å². The van der Waals surface area contributed by atoms with Gasteiger partial charge in [-0.25, -0.2) is 0 Å². The van der Waals surface area contributed by atoms with Crippen molar-refractivity contribution in [1.29, 1.82) is 0 Å². The maximum Gasteiger partial charge on any atom is 0.417 e. The predicted molar refractivity (Wildman–Crippen MR) is 66.6 cm³/mol. The molecule has 0 aliphatic heterocycles. The zero-order valence-corrected chi connectivity index (χ0v) is 10.4. The highest BCUT2D eigenvalue weighted by Crippen LogP contribution is 2.37. The van der Waals surface area contributed by atoms with Gasteiger partial charge in [-0.1, -0.05) is 6.07 Å². The Bertz CT molecular complexity index is 639. The molecule has 1 aromatic carbocycles. The molecule has 0 radical (unpaired) electrons. The molecule has 104 valence electrons. The van der Waals surface area contributed by atoms with E-state index in [4.69, 9.17) is 4.74 Å². The number of aromatic nitrogens is 1. The Labute approximate surface area is 113 Å².